The highest BCUT2D eigenvalue weighted by atomic mass is 16.5. The van der Waals surface area contributed by atoms with E-state index in [1.165, 1.54) is 28.4 Å². The molecule has 0 fully saturated rings. The van der Waals surface area contributed by atoms with Gasteiger partial charge in [-0.1, -0.05) is 0 Å². The van der Waals surface area contributed by atoms with Crippen LogP contribution in [0.2, 0.25) is 0 Å². The lowest BCUT2D eigenvalue weighted by Gasteiger charge is -2.24. The third-order valence-corrected chi connectivity index (χ3v) is 2.15. The normalized spacial score (nSPS) is 12.1. The number of rotatable bonds is 7. The number of hydrogen-bond donors (Lipinski definition) is 1. The van der Waals surface area contributed by atoms with E-state index in [0.717, 1.165) is 0 Å². The quantitative estimate of drug-likeness (QED) is 0.629. The van der Waals surface area contributed by atoms with Crippen molar-refractivity contribution in [2.75, 3.05) is 41.7 Å². The van der Waals surface area contributed by atoms with Crippen LogP contribution in [0.1, 0.15) is 0 Å². The van der Waals surface area contributed by atoms with Gasteiger partial charge in [0.15, 0.2) is 0 Å². The maximum atomic E-state index is 11.6. The molecule has 0 aliphatic rings. The number of alkyl carbamates (subject to hydrolysis) is 1. The average Bonchev–Trinajstić information content (AvgIpc) is 2.34. The lowest BCUT2D eigenvalue weighted by Crippen LogP contribution is -2.49. The van der Waals surface area contributed by atoms with Gasteiger partial charge < -0.3 is 24.3 Å². The van der Waals surface area contributed by atoms with Crippen LogP contribution in [0.3, 0.4) is 0 Å². The third-order valence-electron chi connectivity index (χ3n) is 2.15. The monoisotopic (exact) mass is 249 g/mol. The van der Waals surface area contributed by atoms with E-state index < -0.39 is 18.1 Å². The summed E-state index contributed by atoms with van der Waals surface area (Å²) in [7, 11) is 5.45. The molecule has 0 aromatic heterocycles. The number of amides is 1. The molecule has 1 amide bonds. The second kappa shape index (κ2) is 8.77. The van der Waals surface area contributed by atoms with Gasteiger partial charge in [0.25, 0.3) is 0 Å². The Labute approximate surface area is 100 Å². The van der Waals surface area contributed by atoms with Crippen LogP contribution >= 0.6 is 0 Å². The minimum absolute atomic E-state index is 0.248. The molecule has 100 valence electrons. The van der Waals surface area contributed by atoms with Gasteiger partial charge in [-0.25, -0.2) is 9.59 Å². The Hall–Kier alpha value is -1.34. The molecule has 7 heteroatoms. The number of nitrogens with one attached hydrogen (secondary N) is 1. The second-order valence-corrected chi connectivity index (χ2v) is 3.31. The molecule has 0 bridgehead atoms. The minimum atomic E-state index is -0.868. The molecule has 0 saturated carbocycles. The Bertz CT molecular complexity index is 239. The summed E-state index contributed by atoms with van der Waals surface area (Å²) in [6, 6.07) is -0.868. The number of carbonyl (C=O) groups is 2. The Morgan fingerprint density at radius 1 is 1.00 bits per heavy atom. The number of methoxy groups -OCH3 is 4. The zero-order valence-corrected chi connectivity index (χ0v) is 10.5. The van der Waals surface area contributed by atoms with Gasteiger partial charge in [0.2, 0.25) is 0 Å². The summed E-state index contributed by atoms with van der Waals surface area (Å²) in [6.07, 6.45) is -0.711. The first-order chi connectivity index (χ1) is 8.10. The van der Waals surface area contributed by atoms with Crippen molar-refractivity contribution < 1.29 is 28.5 Å². The van der Waals surface area contributed by atoms with Crippen LogP contribution < -0.4 is 5.32 Å². The van der Waals surface area contributed by atoms with Crippen LogP contribution in [-0.2, 0) is 23.7 Å². The van der Waals surface area contributed by atoms with Crippen LogP contribution in [0.4, 0.5) is 4.79 Å². The number of carbonyl (C=O) groups excluding carboxylic acids is 2. The molecule has 0 saturated heterocycles. The average molecular weight is 249 g/mol. The summed E-state index contributed by atoms with van der Waals surface area (Å²) in [4.78, 5) is 22.7. The number of ether oxygens (including phenoxy) is 4. The maximum absolute atomic E-state index is 11.6. The molecule has 0 aromatic carbocycles. The van der Waals surface area contributed by atoms with Gasteiger partial charge in [-0.3, -0.25) is 0 Å². The van der Waals surface area contributed by atoms with Gasteiger partial charge in [-0.2, -0.15) is 0 Å². The lowest BCUT2D eigenvalue weighted by molar-refractivity contribution is -0.145. The van der Waals surface area contributed by atoms with Crippen LogP contribution in [0.25, 0.3) is 0 Å². The van der Waals surface area contributed by atoms with E-state index in [-0.39, 0.29) is 19.1 Å². The van der Waals surface area contributed by atoms with E-state index >= 15 is 0 Å². The Balaban J connectivity index is 4.71. The molecular formula is C10H19NO6. The predicted molar refractivity (Wildman–Crippen MR) is 58.6 cm³/mol. The maximum Gasteiger partial charge on any atom is 0.407 e. The number of esters is 1. The molecule has 0 heterocycles. The first-order valence-electron chi connectivity index (χ1n) is 5.00. The summed E-state index contributed by atoms with van der Waals surface area (Å²) in [5, 5.41) is 2.39. The van der Waals surface area contributed by atoms with Crippen molar-refractivity contribution in [3.63, 3.8) is 0 Å². The standard InChI is InChI=1S/C10H19NO6/c1-14-5-7(6-15-2)8(9(12)16-3)11-10(13)17-4/h7-8H,5-6H2,1-4H3,(H,11,13). The van der Waals surface area contributed by atoms with E-state index in [9.17, 15) is 9.59 Å². The van der Waals surface area contributed by atoms with Crippen LogP contribution in [0.15, 0.2) is 0 Å². The Kier molecular flexibility index (Phi) is 8.08. The van der Waals surface area contributed by atoms with Gasteiger partial charge in [0, 0.05) is 20.1 Å². The van der Waals surface area contributed by atoms with E-state index in [1.807, 2.05) is 0 Å². The topological polar surface area (TPSA) is 83.1 Å². The van der Waals surface area contributed by atoms with Crippen molar-refractivity contribution >= 4 is 12.1 Å². The van der Waals surface area contributed by atoms with Crippen molar-refractivity contribution in [2.24, 2.45) is 5.92 Å². The van der Waals surface area contributed by atoms with E-state index in [4.69, 9.17) is 9.47 Å². The van der Waals surface area contributed by atoms with Crippen molar-refractivity contribution in [3.8, 4) is 0 Å². The van der Waals surface area contributed by atoms with Crippen molar-refractivity contribution in [1.82, 2.24) is 5.32 Å². The highest BCUT2D eigenvalue weighted by Gasteiger charge is 2.31. The van der Waals surface area contributed by atoms with Crippen LogP contribution in [-0.4, -0.2) is 59.8 Å². The molecular weight excluding hydrogens is 230 g/mol. The summed E-state index contributed by atoms with van der Waals surface area (Å²) in [5.41, 5.74) is 0. The molecule has 0 aromatic rings. The highest BCUT2D eigenvalue weighted by molar-refractivity contribution is 5.81. The zero-order chi connectivity index (χ0) is 13.3. The minimum Gasteiger partial charge on any atom is -0.467 e. The molecule has 0 rings (SSSR count). The molecule has 0 radical (unpaired) electrons. The van der Waals surface area contributed by atoms with Gasteiger partial charge in [0.1, 0.15) is 6.04 Å². The Morgan fingerprint density at radius 3 is 1.88 bits per heavy atom. The molecule has 0 aliphatic heterocycles. The summed E-state index contributed by atoms with van der Waals surface area (Å²) >= 11 is 0. The molecule has 1 atom stereocenters. The van der Waals surface area contributed by atoms with Gasteiger partial charge in [-0.15, -0.1) is 0 Å². The molecule has 0 spiro atoms. The first kappa shape index (κ1) is 15.7. The lowest BCUT2D eigenvalue weighted by atomic mass is 10.0. The van der Waals surface area contributed by atoms with E-state index in [1.54, 1.807) is 0 Å². The smallest absolute Gasteiger partial charge is 0.407 e. The number of hydrogen-bond acceptors (Lipinski definition) is 6. The molecule has 17 heavy (non-hydrogen) atoms. The van der Waals surface area contributed by atoms with Crippen molar-refractivity contribution in [1.29, 1.82) is 0 Å². The molecule has 0 aliphatic carbocycles. The fourth-order valence-electron chi connectivity index (χ4n) is 1.35. The predicted octanol–water partition coefficient (Wildman–Crippen LogP) is -0.207. The van der Waals surface area contributed by atoms with Crippen LogP contribution in [0, 0.1) is 5.92 Å². The summed E-state index contributed by atoms with van der Waals surface area (Å²) in [5.74, 6) is -0.925. The first-order valence-corrected chi connectivity index (χ1v) is 5.00. The third kappa shape index (κ3) is 5.50. The zero-order valence-electron chi connectivity index (χ0n) is 10.5. The van der Waals surface area contributed by atoms with E-state index in [0.29, 0.717) is 0 Å². The van der Waals surface area contributed by atoms with Gasteiger partial charge in [0.05, 0.1) is 27.4 Å². The fraction of sp³-hybridized carbons (Fsp3) is 0.800. The fourth-order valence-corrected chi connectivity index (χ4v) is 1.35. The van der Waals surface area contributed by atoms with Crippen LogP contribution in [0.5, 0.6) is 0 Å². The summed E-state index contributed by atoms with van der Waals surface area (Å²) in [6.45, 7) is 0.495. The Morgan fingerprint density at radius 2 is 1.53 bits per heavy atom. The second-order valence-electron chi connectivity index (χ2n) is 3.31. The molecule has 1 N–H and O–H groups in total. The molecule has 7 nitrogen and oxygen atoms in total. The largest absolute Gasteiger partial charge is 0.467 e. The SMILES string of the molecule is COCC(COC)C(NC(=O)OC)C(=O)OC. The van der Waals surface area contributed by atoms with Gasteiger partial charge in [-0.05, 0) is 0 Å². The molecule has 1 unspecified atom stereocenters. The summed E-state index contributed by atoms with van der Waals surface area (Å²) < 4.78 is 19.0. The van der Waals surface area contributed by atoms with E-state index in [2.05, 4.69) is 14.8 Å². The van der Waals surface area contributed by atoms with Gasteiger partial charge >= 0.3 is 12.1 Å². The van der Waals surface area contributed by atoms with Crippen molar-refractivity contribution in [2.45, 2.75) is 6.04 Å². The highest BCUT2D eigenvalue weighted by Crippen LogP contribution is 2.08. The van der Waals surface area contributed by atoms with Crippen molar-refractivity contribution in [3.05, 3.63) is 0 Å².